The van der Waals surface area contributed by atoms with Gasteiger partial charge in [-0.15, -0.1) is 0 Å². The average molecular weight is 258 g/mol. The number of anilines is 1. The van der Waals surface area contributed by atoms with E-state index in [-0.39, 0.29) is 0 Å². The van der Waals surface area contributed by atoms with Crippen molar-refractivity contribution in [3.63, 3.8) is 0 Å². The number of amidine groups is 1. The highest BCUT2D eigenvalue weighted by Crippen LogP contribution is 2.37. The van der Waals surface area contributed by atoms with Crippen molar-refractivity contribution in [3.8, 4) is 0 Å². The van der Waals surface area contributed by atoms with E-state index >= 15 is 0 Å². The van der Waals surface area contributed by atoms with Crippen LogP contribution in [-0.2, 0) is 0 Å². The van der Waals surface area contributed by atoms with Gasteiger partial charge in [0.2, 0.25) is 0 Å². The molecule has 1 aliphatic heterocycles. The predicted molar refractivity (Wildman–Crippen MR) is 85.0 cm³/mol. The van der Waals surface area contributed by atoms with E-state index < -0.39 is 0 Å². The first-order chi connectivity index (χ1) is 9.84. The van der Waals surface area contributed by atoms with E-state index in [1.165, 1.54) is 22.0 Å². The Morgan fingerprint density at radius 1 is 0.800 bits per heavy atom. The third-order valence-corrected chi connectivity index (χ3v) is 3.79. The number of hydrogen-bond donors (Lipinski definition) is 0. The fourth-order valence-corrected chi connectivity index (χ4v) is 2.84. The first kappa shape index (κ1) is 11.2. The maximum absolute atomic E-state index is 4.82. The molecule has 0 aliphatic carbocycles. The maximum Gasteiger partial charge on any atom is 0.141 e. The van der Waals surface area contributed by atoms with Crippen molar-refractivity contribution in [2.45, 2.75) is 0 Å². The SMILES string of the molecule is CN1C(=Nc2ccccc2)c2cccc3cccc1c23. The lowest BCUT2D eigenvalue weighted by atomic mass is 10.1. The van der Waals surface area contributed by atoms with Crippen molar-refractivity contribution in [2.24, 2.45) is 4.99 Å². The molecular formula is C18H14N2. The molecule has 0 aromatic heterocycles. The molecule has 0 saturated heterocycles. The second kappa shape index (κ2) is 4.20. The maximum atomic E-state index is 4.82. The Morgan fingerprint density at radius 2 is 1.55 bits per heavy atom. The summed E-state index contributed by atoms with van der Waals surface area (Å²) in [5.41, 5.74) is 3.43. The number of rotatable bonds is 1. The highest BCUT2D eigenvalue weighted by molar-refractivity contribution is 6.27. The topological polar surface area (TPSA) is 15.6 Å². The molecule has 0 unspecified atom stereocenters. The summed E-state index contributed by atoms with van der Waals surface area (Å²) in [6.07, 6.45) is 0. The predicted octanol–water partition coefficient (Wildman–Crippen LogP) is 4.37. The Morgan fingerprint density at radius 3 is 2.35 bits per heavy atom. The van der Waals surface area contributed by atoms with Crippen molar-refractivity contribution in [2.75, 3.05) is 11.9 Å². The Balaban J connectivity index is 1.98. The van der Waals surface area contributed by atoms with Crippen molar-refractivity contribution < 1.29 is 0 Å². The summed E-state index contributed by atoms with van der Waals surface area (Å²) in [6.45, 7) is 0. The van der Waals surface area contributed by atoms with E-state index in [0.29, 0.717) is 0 Å². The first-order valence-corrected chi connectivity index (χ1v) is 6.74. The summed E-state index contributed by atoms with van der Waals surface area (Å²) in [5, 5.41) is 2.57. The molecule has 3 aromatic carbocycles. The van der Waals surface area contributed by atoms with Crippen LogP contribution in [-0.4, -0.2) is 12.9 Å². The summed E-state index contributed by atoms with van der Waals surface area (Å²) < 4.78 is 0. The van der Waals surface area contributed by atoms with Gasteiger partial charge in [0.25, 0.3) is 0 Å². The van der Waals surface area contributed by atoms with Crippen LogP contribution in [0.5, 0.6) is 0 Å². The van der Waals surface area contributed by atoms with Crippen LogP contribution in [0, 0.1) is 0 Å². The molecule has 0 bridgehead atoms. The smallest absolute Gasteiger partial charge is 0.141 e. The van der Waals surface area contributed by atoms with Crippen LogP contribution in [0.25, 0.3) is 10.8 Å². The van der Waals surface area contributed by atoms with Crippen LogP contribution in [0.4, 0.5) is 11.4 Å². The van der Waals surface area contributed by atoms with Gasteiger partial charge in [-0.05, 0) is 23.6 Å². The molecule has 3 aromatic rings. The number of nitrogens with zero attached hydrogens (tertiary/aromatic N) is 2. The minimum atomic E-state index is 0.985. The van der Waals surface area contributed by atoms with Crippen LogP contribution in [0.3, 0.4) is 0 Å². The molecular weight excluding hydrogens is 244 g/mol. The van der Waals surface area contributed by atoms with Gasteiger partial charge in [0.05, 0.1) is 11.4 Å². The zero-order chi connectivity index (χ0) is 13.5. The standard InChI is InChI=1S/C18H14N2/c1-20-16-12-6-8-13-7-5-11-15(17(13)16)18(20)19-14-9-3-2-4-10-14/h2-12H,1H3. The van der Waals surface area contributed by atoms with Crippen molar-refractivity contribution in [3.05, 3.63) is 72.3 Å². The Hall–Kier alpha value is -2.61. The average Bonchev–Trinajstić information content (AvgIpc) is 2.77. The number of hydrogen-bond acceptors (Lipinski definition) is 1. The van der Waals surface area contributed by atoms with Crippen molar-refractivity contribution >= 4 is 28.0 Å². The molecule has 20 heavy (non-hydrogen) atoms. The fraction of sp³-hybridized carbons (Fsp3) is 0.0556. The Kier molecular flexibility index (Phi) is 2.36. The molecule has 2 heteroatoms. The zero-order valence-electron chi connectivity index (χ0n) is 11.2. The summed E-state index contributed by atoms with van der Waals surface area (Å²) in [7, 11) is 2.08. The minimum absolute atomic E-state index is 0.985. The van der Waals surface area contributed by atoms with Crippen LogP contribution in [0.15, 0.2) is 71.7 Å². The Labute approximate surface area is 118 Å². The van der Waals surface area contributed by atoms with E-state index in [2.05, 4.69) is 48.3 Å². The third-order valence-electron chi connectivity index (χ3n) is 3.79. The molecule has 2 nitrogen and oxygen atoms in total. The molecule has 0 amide bonds. The lowest BCUT2D eigenvalue weighted by molar-refractivity contribution is 1.29. The molecule has 0 saturated carbocycles. The largest absolute Gasteiger partial charge is 0.328 e. The summed E-state index contributed by atoms with van der Waals surface area (Å²) in [4.78, 5) is 6.99. The third kappa shape index (κ3) is 1.55. The van der Waals surface area contributed by atoms with Gasteiger partial charge in [0.1, 0.15) is 5.84 Å². The van der Waals surface area contributed by atoms with Gasteiger partial charge in [-0.3, -0.25) is 0 Å². The van der Waals surface area contributed by atoms with Crippen LogP contribution in [0.1, 0.15) is 5.56 Å². The summed E-state index contributed by atoms with van der Waals surface area (Å²) >= 11 is 0. The number of para-hydroxylation sites is 1. The summed E-state index contributed by atoms with van der Waals surface area (Å²) in [6, 6.07) is 22.9. The lowest BCUT2D eigenvalue weighted by Gasteiger charge is -2.14. The molecule has 1 aliphatic rings. The van der Waals surface area contributed by atoms with E-state index in [1.807, 2.05) is 30.3 Å². The van der Waals surface area contributed by atoms with Gasteiger partial charge in [-0.25, -0.2) is 4.99 Å². The molecule has 4 rings (SSSR count). The van der Waals surface area contributed by atoms with Gasteiger partial charge in [0.15, 0.2) is 0 Å². The van der Waals surface area contributed by atoms with Gasteiger partial charge < -0.3 is 4.90 Å². The molecule has 0 radical (unpaired) electrons. The van der Waals surface area contributed by atoms with Crippen LogP contribution >= 0.6 is 0 Å². The van der Waals surface area contributed by atoms with Gasteiger partial charge in [-0.1, -0.05) is 48.5 Å². The Bertz CT molecular complexity index is 814. The monoisotopic (exact) mass is 258 g/mol. The van der Waals surface area contributed by atoms with E-state index in [1.54, 1.807) is 0 Å². The normalized spacial score (nSPS) is 15.2. The van der Waals surface area contributed by atoms with E-state index in [0.717, 1.165) is 11.5 Å². The highest BCUT2D eigenvalue weighted by atomic mass is 15.2. The molecule has 96 valence electrons. The van der Waals surface area contributed by atoms with E-state index in [4.69, 9.17) is 4.99 Å². The van der Waals surface area contributed by atoms with Crippen molar-refractivity contribution in [1.82, 2.24) is 0 Å². The molecule has 0 fully saturated rings. The second-order valence-corrected chi connectivity index (χ2v) is 5.01. The highest BCUT2D eigenvalue weighted by Gasteiger charge is 2.24. The lowest BCUT2D eigenvalue weighted by Crippen LogP contribution is -2.21. The fourth-order valence-electron chi connectivity index (χ4n) is 2.84. The molecule has 0 atom stereocenters. The molecule has 0 spiro atoms. The van der Waals surface area contributed by atoms with Crippen LogP contribution < -0.4 is 4.90 Å². The van der Waals surface area contributed by atoms with E-state index in [9.17, 15) is 0 Å². The molecule has 0 N–H and O–H groups in total. The zero-order valence-corrected chi connectivity index (χ0v) is 11.2. The molecule has 1 heterocycles. The van der Waals surface area contributed by atoms with Gasteiger partial charge in [0, 0.05) is 18.0 Å². The minimum Gasteiger partial charge on any atom is -0.328 e. The number of aliphatic imine (C=N–C) groups is 1. The summed E-state index contributed by atoms with van der Waals surface area (Å²) in [5.74, 6) is 1.02. The van der Waals surface area contributed by atoms with Crippen molar-refractivity contribution in [1.29, 1.82) is 0 Å². The van der Waals surface area contributed by atoms with Crippen LogP contribution in [0.2, 0.25) is 0 Å². The second-order valence-electron chi connectivity index (χ2n) is 5.01. The number of benzene rings is 3. The van der Waals surface area contributed by atoms with Gasteiger partial charge in [-0.2, -0.15) is 0 Å². The van der Waals surface area contributed by atoms with Gasteiger partial charge >= 0.3 is 0 Å². The quantitative estimate of drug-likeness (QED) is 0.633. The first-order valence-electron chi connectivity index (χ1n) is 6.74.